The van der Waals surface area contributed by atoms with Crippen molar-refractivity contribution in [1.82, 2.24) is 4.90 Å². The summed E-state index contributed by atoms with van der Waals surface area (Å²) in [5.74, 6) is -0.0502. The molecule has 0 aliphatic carbocycles. The molecule has 2 amide bonds. The maximum absolute atomic E-state index is 12.6. The normalized spacial score (nSPS) is 14.1. The molecule has 0 bridgehead atoms. The van der Waals surface area contributed by atoms with Gasteiger partial charge in [0, 0.05) is 51.8 Å². The van der Waals surface area contributed by atoms with Gasteiger partial charge in [-0.05, 0) is 24.3 Å². The quantitative estimate of drug-likeness (QED) is 0.792. The van der Waals surface area contributed by atoms with Gasteiger partial charge in [-0.25, -0.2) is 0 Å². The summed E-state index contributed by atoms with van der Waals surface area (Å²) in [5.41, 5.74) is 1.83. The van der Waals surface area contributed by atoms with Crippen LogP contribution in [0.3, 0.4) is 0 Å². The van der Waals surface area contributed by atoms with E-state index in [-0.39, 0.29) is 18.2 Å². The van der Waals surface area contributed by atoms with Crippen LogP contribution in [-0.4, -0.2) is 49.4 Å². The number of amides is 2. The fourth-order valence-electron chi connectivity index (χ4n) is 3.34. The molecule has 1 heterocycles. The summed E-state index contributed by atoms with van der Waals surface area (Å²) in [4.78, 5) is 30.4. The number of carbonyl (C=O) groups excluding carboxylic acids is 2. The Kier molecular flexibility index (Phi) is 6.35. The first-order valence-electron chi connectivity index (χ1n) is 9.16. The van der Waals surface area contributed by atoms with Crippen molar-refractivity contribution in [1.29, 1.82) is 0 Å². The van der Waals surface area contributed by atoms with Crippen LogP contribution in [0.15, 0.2) is 54.6 Å². The molecule has 2 aromatic rings. The Morgan fingerprint density at radius 3 is 2.22 bits per heavy atom. The molecule has 142 valence electrons. The highest BCUT2D eigenvalue weighted by molar-refractivity contribution is 6.33. The van der Waals surface area contributed by atoms with E-state index in [1.807, 2.05) is 35.2 Å². The average molecular weight is 386 g/mol. The van der Waals surface area contributed by atoms with Crippen LogP contribution in [0, 0.1) is 0 Å². The van der Waals surface area contributed by atoms with Crippen LogP contribution in [0.2, 0.25) is 5.02 Å². The molecule has 0 aromatic heterocycles. The molecule has 3 rings (SSSR count). The van der Waals surface area contributed by atoms with E-state index in [1.54, 1.807) is 17.0 Å². The van der Waals surface area contributed by atoms with Crippen LogP contribution in [0.25, 0.3) is 0 Å². The maximum atomic E-state index is 12.6. The van der Waals surface area contributed by atoms with Gasteiger partial charge in [0.25, 0.3) is 0 Å². The molecule has 0 spiro atoms. The van der Waals surface area contributed by atoms with E-state index in [9.17, 15) is 9.59 Å². The lowest BCUT2D eigenvalue weighted by atomic mass is 10.2. The number of carbonyl (C=O) groups is 2. The molecule has 5 nitrogen and oxygen atoms in total. The molecule has 27 heavy (non-hydrogen) atoms. The molecule has 1 saturated heterocycles. The van der Waals surface area contributed by atoms with Gasteiger partial charge in [0.15, 0.2) is 0 Å². The van der Waals surface area contributed by atoms with Crippen LogP contribution >= 0.6 is 11.6 Å². The van der Waals surface area contributed by atoms with E-state index in [1.165, 1.54) is 12.6 Å². The van der Waals surface area contributed by atoms with Crippen molar-refractivity contribution >= 4 is 34.8 Å². The lowest BCUT2D eigenvalue weighted by molar-refractivity contribution is -0.131. The van der Waals surface area contributed by atoms with Crippen molar-refractivity contribution in [3.63, 3.8) is 0 Å². The van der Waals surface area contributed by atoms with Crippen LogP contribution in [0.1, 0.15) is 13.3 Å². The number of benzene rings is 2. The first kappa shape index (κ1) is 19.2. The van der Waals surface area contributed by atoms with E-state index in [4.69, 9.17) is 11.6 Å². The third-order valence-electron chi connectivity index (χ3n) is 4.83. The predicted octanol–water partition coefficient (Wildman–Crippen LogP) is 3.43. The number of halogens is 1. The van der Waals surface area contributed by atoms with Gasteiger partial charge >= 0.3 is 0 Å². The number of rotatable bonds is 5. The molecule has 0 unspecified atom stereocenters. The number of para-hydroxylation sites is 2. The molecule has 0 radical (unpaired) electrons. The van der Waals surface area contributed by atoms with Crippen LogP contribution in [0.4, 0.5) is 11.4 Å². The predicted molar refractivity (Wildman–Crippen MR) is 109 cm³/mol. The fraction of sp³-hybridized carbons (Fsp3) is 0.333. The largest absolute Gasteiger partial charge is 0.368 e. The summed E-state index contributed by atoms with van der Waals surface area (Å²) in [6.45, 7) is 4.84. The molecule has 1 aliphatic rings. The van der Waals surface area contributed by atoms with Gasteiger partial charge in [0.05, 0.1) is 10.7 Å². The molecule has 6 heteroatoms. The number of anilines is 2. The Hall–Kier alpha value is -2.53. The van der Waals surface area contributed by atoms with Gasteiger partial charge in [0.1, 0.15) is 0 Å². The summed E-state index contributed by atoms with van der Waals surface area (Å²) < 4.78 is 0. The second-order valence-electron chi connectivity index (χ2n) is 6.58. The van der Waals surface area contributed by atoms with Gasteiger partial charge in [-0.2, -0.15) is 0 Å². The van der Waals surface area contributed by atoms with E-state index >= 15 is 0 Å². The van der Waals surface area contributed by atoms with E-state index in [2.05, 4.69) is 17.0 Å². The van der Waals surface area contributed by atoms with Crippen molar-refractivity contribution in [3.05, 3.63) is 59.6 Å². The van der Waals surface area contributed by atoms with E-state index in [0.29, 0.717) is 30.3 Å². The highest BCUT2D eigenvalue weighted by atomic mass is 35.5. The minimum atomic E-state index is -0.121. The monoisotopic (exact) mass is 385 g/mol. The molecular weight excluding hydrogens is 362 g/mol. The van der Waals surface area contributed by atoms with Gasteiger partial charge in [0.2, 0.25) is 11.8 Å². The first-order chi connectivity index (χ1) is 13.1. The van der Waals surface area contributed by atoms with Crippen molar-refractivity contribution in [3.8, 4) is 0 Å². The van der Waals surface area contributed by atoms with Crippen molar-refractivity contribution in [2.45, 2.75) is 13.3 Å². The second-order valence-corrected chi connectivity index (χ2v) is 6.98. The zero-order valence-electron chi connectivity index (χ0n) is 15.5. The number of hydrogen-bond donors (Lipinski definition) is 0. The van der Waals surface area contributed by atoms with Gasteiger partial charge in [-0.15, -0.1) is 0 Å². The Morgan fingerprint density at radius 1 is 0.963 bits per heavy atom. The molecule has 0 saturated carbocycles. The molecule has 0 atom stereocenters. The average Bonchev–Trinajstić information content (AvgIpc) is 2.70. The van der Waals surface area contributed by atoms with Gasteiger partial charge < -0.3 is 14.7 Å². The number of hydrogen-bond acceptors (Lipinski definition) is 3. The van der Waals surface area contributed by atoms with Crippen molar-refractivity contribution in [2.24, 2.45) is 0 Å². The highest BCUT2D eigenvalue weighted by Gasteiger charge is 2.23. The van der Waals surface area contributed by atoms with E-state index in [0.717, 1.165) is 13.1 Å². The summed E-state index contributed by atoms with van der Waals surface area (Å²) in [6, 6.07) is 17.4. The van der Waals surface area contributed by atoms with Crippen LogP contribution < -0.4 is 9.80 Å². The summed E-state index contributed by atoms with van der Waals surface area (Å²) in [7, 11) is 0. The summed E-state index contributed by atoms with van der Waals surface area (Å²) in [5, 5.41) is 0.511. The zero-order chi connectivity index (χ0) is 19.2. The minimum Gasteiger partial charge on any atom is -0.368 e. The van der Waals surface area contributed by atoms with E-state index < -0.39 is 0 Å². The lowest BCUT2D eigenvalue weighted by Crippen LogP contribution is -2.49. The van der Waals surface area contributed by atoms with Crippen LogP contribution in [-0.2, 0) is 9.59 Å². The smallest absolute Gasteiger partial charge is 0.224 e. The molecular formula is C21H24ClN3O2. The molecule has 1 aliphatic heterocycles. The second kappa shape index (κ2) is 8.91. The topological polar surface area (TPSA) is 43.9 Å². The SMILES string of the molecule is CC(=O)N(CCC(=O)N1CCN(c2ccccc2)CC1)c1ccccc1Cl. The Morgan fingerprint density at radius 2 is 1.59 bits per heavy atom. The molecule has 1 fully saturated rings. The molecule has 0 N–H and O–H groups in total. The summed E-state index contributed by atoms with van der Waals surface area (Å²) in [6.07, 6.45) is 0.288. The van der Waals surface area contributed by atoms with Crippen molar-refractivity contribution < 1.29 is 9.59 Å². The van der Waals surface area contributed by atoms with Crippen molar-refractivity contribution in [2.75, 3.05) is 42.5 Å². The fourth-order valence-corrected chi connectivity index (χ4v) is 3.57. The summed E-state index contributed by atoms with van der Waals surface area (Å²) >= 11 is 6.21. The van der Waals surface area contributed by atoms with Gasteiger partial charge in [-0.1, -0.05) is 41.9 Å². The highest BCUT2D eigenvalue weighted by Crippen LogP contribution is 2.25. The third kappa shape index (κ3) is 4.80. The third-order valence-corrected chi connectivity index (χ3v) is 5.15. The first-order valence-corrected chi connectivity index (χ1v) is 9.54. The van der Waals surface area contributed by atoms with Gasteiger partial charge in [-0.3, -0.25) is 9.59 Å². The Balaban J connectivity index is 1.55. The van der Waals surface area contributed by atoms with Crippen LogP contribution in [0.5, 0.6) is 0 Å². The maximum Gasteiger partial charge on any atom is 0.224 e. The number of nitrogens with zero attached hydrogens (tertiary/aromatic N) is 3. The minimum absolute atomic E-state index is 0.0704. The lowest BCUT2D eigenvalue weighted by Gasteiger charge is -2.36. The number of piperazine rings is 1. The molecule has 2 aromatic carbocycles. The zero-order valence-corrected chi connectivity index (χ0v) is 16.2. The Labute approximate surface area is 165 Å². The standard InChI is InChI=1S/C21H24ClN3O2/c1-17(26)25(20-10-6-5-9-19(20)22)12-11-21(27)24-15-13-23(14-16-24)18-7-3-2-4-8-18/h2-10H,11-16H2,1H3. The Bertz CT molecular complexity index is 789.